The molecule has 1 saturated heterocycles. The van der Waals surface area contributed by atoms with Gasteiger partial charge in [-0.2, -0.15) is 5.10 Å². The first-order chi connectivity index (χ1) is 14.0. The lowest BCUT2D eigenvalue weighted by Crippen LogP contribution is -2.19. The summed E-state index contributed by atoms with van der Waals surface area (Å²) in [6.07, 6.45) is 2.62. The summed E-state index contributed by atoms with van der Waals surface area (Å²) < 4.78 is 23.1. The Morgan fingerprint density at radius 1 is 1.21 bits per heavy atom. The first kappa shape index (κ1) is 20.3. The monoisotopic (exact) mass is 413 g/mol. The lowest BCUT2D eigenvalue weighted by atomic mass is 10.1. The van der Waals surface area contributed by atoms with Crippen LogP contribution in [0.4, 0.5) is 4.39 Å². The van der Waals surface area contributed by atoms with Crippen LogP contribution in [0.5, 0.6) is 5.75 Å². The highest BCUT2D eigenvalue weighted by Crippen LogP contribution is 2.23. The number of halogens is 1. The molecule has 7 nitrogen and oxygen atoms in total. The van der Waals surface area contributed by atoms with Crippen LogP contribution in [0.2, 0.25) is 0 Å². The number of rotatable bonds is 6. The standard InChI is InChI=1S/C20H16FN3O4S/c1-27-18(25)10-17-19(26)23-20(29-17)24-22-11-13-4-2-3-5-14(13)12-28-16-8-6-15(21)7-9-16/h2-11H,12H2,1H3,(H,23,24,26)/b17-10+,22-11?. The average Bonchev–Trinajstić information content (AvgIpc) is 3.07. The molecule has 0 aliphatic carbocycles. The predicted molar refractivity (Wildman–Crippen MR) is 108 cm³/mol. The van der Waals surface area contributed by atoms with Crippen molar-refractivity contribution in [2.45, 2.75) is 6.61 Å². The van der Waals surface area contributed by atoms with E-state index in [-0.39, 0.29) is 22.5 Å². The lowest BCUT2D eigenvalue weighted by Gasteiger charge is -2.08. The number of hydrogen-bond acceptors (Lipinski definition) is 7. The zero-order chi connectivity index (χ0) is 20.6. The van der Waals surface area contributed by atoms with Crippen LogP contribution < -0.4 is 10.1 Å². The number of nitrogens with one attached hydrogen (secondary N) is 1. The molecular weight excluding hydrogens is 397 g/mol. The van der Waals surface area contributed by atoms with Crippen molar-refractivity contribution in [2.24, 2.45) is 10.2 Å². The van der Waals surface area contributed by atoms with Crippen LogP contribution in [0.3, 0.4) is 0 Å². The first-order valence-corrected chi connectivity index (χ1v) is 9.23. The molecule has 1 N–H and O–H groups in total. The van der Waals surface area contributed by atoms with E-state index in [1.54, 1.807) is 12.1 Å². The van der Waals surface area contributed by atoms with Gasteiger partial charge in [-0.05, 0) is 41.6 Å². The Labute approximate surface area is 170 Å². The molecule has 148 valence electrons. The minimum Gasteiger partial charge on any atom is -0.489 e. The molecule has 0 atom stereocenters. The van der Waals surface area contributed by atoms with Crippen molar-refractivity contribution in [2.75, 3.05) is 7.11 Å². The van der Waals surface area contributed by atoms with Crippen molar-refractivity contribution >= 4 is 35.0 Å². The normalized spacial score (nSPS) is 16.4. The molecule has 1 aliphatic heterocycles. The summed E-state index contributed by atoms with van der Waals surface area (Å²) in [4.78, 5) is 23.2. The Morgan fingerprint density at radius 2 is 1.97 bits per heavy atom. The van der Waals surface area contributed by atoms with E-state index in [1.807, 2.05) is 24.3 Å². The summed E-state index contributed by atoms with van der Waals surface area (Å²) in [5.74, 6) is -0.844. The van der Waals surface area contributed by atoms with Crippen molar-refractivity contribution in [1.82, 2.24) is 5.32 Å². The van der Waals surface area contributed by atoms with Crippen LogP contribution in [0, 0.1) is 5.82 Å². The van der Waals surface area contributed by atoms with Crippen LogP contribution in [0.15, 0.2) is 69.7 Å². The van der Waals surface area contributed by atoms with E-state index in [0.29, 0.717) is 5.75 Å². The maximum atomic E-state index is 13.0. The van der Waals surface area contributed by atoms with E-state index in [9.17, 15) is 14.0 Å². The van der Waals surface area contributed by atoms with Gasteiger partial charge in [-0.25, -0.2) is 9.18 Å². The quantitative estimate of drug-likeness (QED) is 0.340. The van der Waals surface area contributed by atoms with Gasteiger partial charge in [-0.3, -0.25) is 10.1 Å². The van der Waals surface area contributed by atoms with Gasteiger partial charge in [0.1, 0.15) is 18.2 Å². The van der Waals surface area contributed by atoms with Crippen LogP contribution in [0.1, 0.15) is 11.1 Å². The van der Waals surface area contributed by atoms with Gasteiger partial charge in [0.2, 0.25) is 0 Å². The molecule has 1 fully saturated rings. The SMILES string of the molecule is COC(=O)/C=C1/S/C(=N\N=Cc2ccccc2COc2ccc(F)cc2)NC1=O. The molecule has 0 aromatic heterocycles. The number of methoxy groups -OCH3 is 1. The molecule has 1 heterocycles. The Bertz CT molecular complexity index is 1000. The Kier molecular flexibility index (Phi) is 6.75. The molecule has 0 unspecified atom stereocenters. The largest absolute Gasteiger partial charge is 0.489 e. The zero-order valence-corrected chi connectivity index (χ0v) is 16.1. The topological polar surface area (TPSA) is 89.3 Å². The van der Waals surface area contributed by atoms with Crippen LogP contribution in [0.25, 0.3) is 0 Å². The molecule has 1 aliphatic rings. The number of esters is 1. The molecule has 9 heteroatoms. The Morgan fingerprint density at radius 3 is 2.72 bits per heavy atom. The molecule has 0 bridgehead atoms. The fourth-order valence-electron chi connectivity index (χ4n) is 2.27. The molecule has 0 spiro atoms. The lowest BCUT2D eigenvalue weighted by molar-refractivity contribution is -0.135. The second-order valence-electron chi connectivity index (χ2n) is 5.68. The third-order valence-corrected chi connectivity index (χ3v) is 4.61. The van der Waals surface area contributed by atoms with Crippen molar-refractivity contribution in [1.29, 1.82) is 0 Å². The van der Waals surface area contributed by atoms with Gasteiger partial charge in [0.15, 0.2) is 5.17 Å². The van der Waals surface area contributed by atoms with Crippen LogP contribution in [-0.4, -0.2) is 30.4 Å². The number of carbonyl (C=O) groups excluding carboxylic acids is 2. The Hall–Kier alpha value is -3.46. The highest BCUT2D eigenvalue weighted by molar-refractivity contribution is 8.18. The molecule has 2 aromatic rings. The van der Waals surface area contributed by atoms with Gasteiger partial charge in [0, 0.05) is 11.6 Å². The average molecular weight is 413 g/mol. The van der Waals surface area contributed by atoms with Gasteiger partial charge in [0.25, 0.3) is 5.91 Å². The fraction of sp³-hybridized carbons (Fsp3) is 0.100. The van der Waals surface area contributed by atoms with E-state index >= 15 is 0 Å². The number of ether oxygens (including phenoxy) is 2. The van der Waals surface area contributed by atoms with Gasteiger partial charge in [-0.1, -0.05) is 24.3 Å². The number of amidine groups is 1. The molecular formula is C20H16FN3O4S. The van der Waals surface area contributed by atoms with E-state index in [2.05, 4.69) is 20.3 Å². The summed E-state index contributed by atoms with van der Waals surface area (Å²) in [7, 11) is 1.23. The third kappa shape index (κ3) is 5.76. The number of benzene rings is 2. The van der Waals surface area contributed by atoms with E-state index in [0.717, 1.165) is 29.0 Å². The first-order valence-electron chi connectivity index (χ1n) is 8.41. The molecule has 3 rings (SSSR count). The number of nitrogens with zero attached hydrogens (tertiary/aromatic N) is 2. The third-order valence-electron chi connectivity index (χ3n) is 3.71. The molecule has 29 heavy (non-hydrogen) atoms. The van der Waals surface area contributed by atoms with Crippen molar-refractivity contribution in [3.63, 3.8) is 0 Å². The summed E-state index contributed by atoms with van der Waals surface area (Å²) in [5, 5.41) is 10.7. The molecule has 0 saturated carbocycles. The summed E-state index contributed by atoms with van der Waals surface area (Å²) in [6.45, 7) is 0.266. The maximum Gasteiger partial charge on any atom is 0.331 e. The van der Waals surface area contributed by atoms with Crippen LogP contribution >= 0.6 is 11.8 Å². The summed E-state index contributed by atoms with van der Waals surface area (Å²) >= 11 is 0.991. The van der Waals surface area contributed by atoms with Gasteiger partial charge >= 0.3 is 5.97 Å². The van der Waals surface area contributed by atoms with Gasteiger partial charge < -0.3 is 9.47 Å². The smallest absolute Gasteiger partial charge is 0.331 e. The highest BCUT2D eigenvalue weighted by Gasteiger charge is 2.25. The van der Waals surface area contributed by atoms with E-state index in [1.165, 1.54) is 25.5 Å². The predicted octanol–water partition coefficient (Wildman–Crippen LogP) is 3.01. The van der Waals surface area contributed by atoms with Gasteiger partial charge in [-0.15, -0.1) is 5.10 Å². The molecule has 1 amide bonds. The number of carbonyl (C=O) groups is 2. The summed E-state index contributed by atoms with van der Waals surface area (Å²) in [5.41, 5.74) is 1.63. The maximum absolute atomic E-state index is 13.0. The fourth-order valence-corrected chi connectivity index (χ4v) is 3.01. The second kappa shape index (κ2) is 9.65. The minimum atomic E-state index is -0.623. The Balaban J connectivity index is 1.66. The molecule has 2 aromatic carbocycles. The van der Waals surface area contributed by atoms with E-state index < -0.39 is 11.9 Å². The minimum absolute atomic E-state index is 0.180. The van der Waals surface area contributed by atoms with Crippen LogP contribution in [-0.2, 0) is 20.9 Å². The van der Waals surface area contributed by atoms with Crippen molar-refractivity contribution in [3.8, 4) is 5.75 Å². The molecule has 0 radical (unpaired) electrons. The zero-order valence-electron chi connectivity index (χ0n) is 15.3. The van der Waals surface area contributed by atoms with Gasteiger partial charge in [0.05, 0.1) is 18.2 Å². The summed E-state index contributed by atoms with van der Waals surface area (Å²) in [6, 6.07) is 13.2. The number of hydrogen-bond donors (Lipinski definition) is 1. The second-order valence-corrected chi connectivity index (χ2v) is 6.71. The number of thioether (sulfide) groups is 1. The van der Waals surface area contributed by atoms with Crippen molar-refractivity contribution in [3.05, 3.63) is 76.5 Å². The number of amides is 1. The van der Waals surface area contributed by atoms with E-state index in [4.69, 9.17) is 4.74 Å². The highest BCUT2D eigenvalue weighted by atomic mass is 32.2. The van der Waals surface area contributed by atoms with Crippen molar-refractivity contribution < 1.29 is 23.5 Å².